The first-order valence-corrected chi connectivity index (χ1v) is 16.2. The van der Waals surface area contributed by atoms with Crippen molar-refractivity contribution >= 4 is 44.7 Å². The summed E-state index contributed by atoms with van der Waals surface area (Å²) in [7, 11) is -5.10. The molecule has 0 saturated heterocycles. The molecule has 0 atom stereocenters. The molecular formula is C33H37N2NaO7S. The first-order chi connectivity index (χ1) is 20.6. The van der Waals surface area contributed by atoms with E-state index >= 15 is 0 Å². The van der Waals surface area contributed by atoms with Crippen LogP contribution in [0, 0.1) is 0 Å². The summed E-state index contributed by atoms with van der Waals surface area (Å²) in [5, 5.41) is 2.92. The summed E-state index contributed by atoms with van der Waals surface area (Å²) >= 11 is 0. The van der Waals surface area contributed by atoms with Gasteiger partial charge in [0.1, 0.15) is 10.1 Å². The number of hydrogen-bond donors (Lipinski definition) is 2. The van der Waals surface area contributed by atoms with E-state index in [0.29, 0.717) is 12.3 Å². The Morgan fingerprint density at radius 3 is 1.98 bits per heavy atom. The zero-order valence-electron chi connectivity index (χ0n) is 25.3. The van der Waals surface area contributed by atoms with Crippen molar-refractivity contribution in [1.82, 2.24) is 0 Å². The van der Waals surface area contributed by atoms with Crippen molar-refractivity contribution in [2.75, 3.05) is 17.7 Å². The smallest absolute Gasteiger partial charge is 0.744 e. The molecule has 1 aliphatic carbocycles. The van der Waals surface area contributed by atoms with Crippen LogP contribution in [0.25, 0.3) is 0 Å². The van der Waals surface area contributed by atoms with Gasteiger partial charge in [-0.15, -0.1) is 0 Å². The second-order valence-electron chi connectivity index (χ2n) is 10.8. The molecule has 1 aliphatic rings. The number of carbonyl (C=O) groups excluding carboxylic acids is 3. The van der Waals surface area contributed by atoms with Crippen LogP contribution in [0.2, 0.25) is 0 Å². The minimum Gasteiger partial charge on any atom is -0.744 e. The van der Waals surface area contributed by atoms with Crippen LogP contribution < -0.4 is 40.6 Å². The number of anilines is 3. The van der Waals surface area contributed by atoms with Gasteiger partial charge >= 0.3 is 35.5 Å². The number of nitrogen functional groups attached to an aromatic ring is 1. The molecule has 228 valence electrons. The third kappa shape index (κ3) is 8.57. The van der Waals surface area contributed by atoms with Gasteiger partial charge in [0.25, 0.3) is 0 Å². The summed E-state index contributed by atoms with van der Waals surface area (Å²) < 4.78 is 41.6. The van der Waals surface area contributed by atoms with Gasteiger partial charge in [-0.1, -0.05) is 95.0 Å². The van der Waals surface area contributed by atoms with Gasteiger partial charge in [-0.25, -0.2) is 13.2 Å². The first-order valence-electron chi connectivity index (χ1n) is 14.8. The molecule has 3 aromatic rings. The molecule has 0 bridgehead atoms. The van der Waals surface area contributed by atoms with E-state index in [4.69, 9.17) is 10.5 Å². The summed E-state index contributed by atoms with van der Waals surface area (Å²) in [5.41, 5.74) is 5.57. The average Bonchev–Trinajstić information content (AvgIpc) is 2.98. The van der Waals surface area contributed by atoms with E-state index in [9.17, 15) is 27.4 Å². The number of hydrogen-bond acceptors (Lipinski definition) is 9. The standard InChI is InChI=1S/C33H38N2O7S.Na/c1-2-3-4-5-6-7-8-9-10-13-19-42-33(38)22-15-14-16-23(20-22)35-26-21-27(43(39,40)41)30(34)29-28(26)31(36)24-17-11-12-18-25(24)32(29)37;/h11-12,14-18,20-21,35H,2-10,13,19,34H2,1H3,(H,39,40,41);/q;+1/p-1. The number of esters is 1. The van der Waals surface area contributed by atoms with Crippen LogP contribution in [-0.4, -0.2) is 37.1 Å². The van der Waals surface area contributed by atoms with Gasteiger partial charge in [-0.3, -0.25) is 9.59 Å². The number of benzene rings is 3. The predicted octanol–water partition coefficient (Wildman–Crippen LogP) is 3.77. The number of carbonyl (C=O) groups is 3. The van der Waals surface area contributed by atoms with Crippen LogP contribution in [0.5, 0.6) is 0 Å². The van der Waals surface area contributed by atoms with Crippen molar-refractivity contribution in [1.29, 1.82) is 0 Å². The Morgan fingerprint density at radius 1 is 0.818 bits per heavy atom. The fraction of sp³-hybridized carbons (Fsp3) is 0.364. The minimum absolute atomic E-state index is 0. The molecule has 44 heavy (non-hydrogen) atoms. The molecule has 0 fully saturated rings. The van der Waals surface area contributed by atoms with E-state index < -0.39 is 38.2 Å². The molecular weight excluding hydrogens is 591 g/mol. The Labute approximate surface area is 281 Å². The van der Waals surface area contributed by atoms with Gasteiger partial charge in [0.05, 0.1) is 39.6 Å². The van der Waals surface area contributed by atoms with Crippen molar-refractivity contribution in [3.63, 3.8) is 0 Å². The molecule has 0 aliphatic heterocycles. The second kappa shape index (κ2) is 16.3. The van der Waals surface area contributed by atoms with Crippen LogP contribution in [0.15, 0.2) is 59.5 Å². The van der Waals surface area contributed by atoms with Gasteiger partial charge in [0.15, 0.2) is 11.6 Å². The third-order valence-electron chi connectivity index (χ3n) is 7.58. The van der Waals surface area contributed by atoms with Crippen LogP contribution >= 0.6 is 0 Å². The molecule has 4 rings (SSSR count). The molecule has 0 heterocycles. The number of ketones is 2. The maximum absolute atomic E-state index is 13.5. The Bertz CT molecular complexity index is 1620. The Kier molecular flexibility index (Phi) is 13.2. The molecule has 0 aromatic heterocycles. The van der Waals surface area contributed by atoms with Crippen LogP contribution in [0.3, 0.4) is 0 Å². The predicted molar refractivity (Wildman–Crippen MR) is 164 cm³/mol. The number of nitrogens with one attached hydrogen (secondary N) is 1. The monoisotopic (exact) mass is 628 g/mol. The van der Waals surface area contributed by atoms with Gasteiger partial charge in [-0.05, 0) is 30.7 Å². The molecule has 0 radical (unpaired) electrons. The minimum atomic E-state index is -5.10. The molecule has 9 nitrogen and oxygen atoms in total. The molecule has 0 amide bonds. The van der Waals surface area contributed by atoms with Gasteiger partial charge in [0, 0.05) is 16.8 Å². The SMILES string of the molecule is CCCCCCCCCCCCOC(=O)c1cccc(Nc2cc(S(=O)(=O)[O-])c(N)c3c2C(=O)c2ccccc2C3=O)c1.[Na+]. The van der Waals surface area contributed by atoms with E-state index in [1.807, 2.05) is 0 Å². The number of ether oxygens (including phenoxy) is 1. The summed E-state index contributed by atoms with van der Waals surface area (Å²) in [6.45, 7) is 2.50. The molecule has 3 N–H and O–H groups in total. The fourth-order valence-corrected chi connectivity index (χ4v) is 5.95. The average molecular weight is 629 g/mol. The van der Waals surface area contributed by atoms with Gasteiger partial charge in [-0.2, -0.15) is 0 Å². The summed E-state index contributed by atoms with van der Waals surface area (Å²) in [6, 6.07) is 13.3. The maximum atomic E-state index is 13.5. The first kappa shape index (κ1) is 35.5. The maximum Gasteiger partial charge on any atom is 1.00 e. The topological polar surface area (TPSA) is 156 Å². The summed E-state index contributed by atoms with van der Waals surface area (Å²) in [6.07, 6.45) is 11.7. The van der Waals surface area contributed by atoms with E-state index in [1.54, 1.807) is 30.3 Å². The van der Waals surface area contributed by atoms with Crippen molar-refractivity contribution < 1.29 is 61.6 Å². The zero-order valence-corrected chi connectivity index (χ0v) is 28.1. The second-order valence-corrected chi connectivity index (χ2v) is 12.1. The van der Waals surface area contributed by atoms with E-state index in [2.05, 4.69) is 12.2 Å². The summed E-state index contributed by atoms with van der Waals surface area (Å²) in [4.78, 5) is 38.7. The van der Waals surface area contributed by atoms with Crippen LogP contribution in [0.4, 0.5) is 17.1 Å². The molecule has 0 spiro atoms. The normalized spacial score (nSPS) is 12.2. The number of unbranched alkanes of at least 4 members (excludes halogenated alkanes) is 9. The zero-order chi connectivity index (χ0) is 31.0. The van der Waals surface area contributed by atoms with E-state index in [-0.39, 0.29) is 63.1 Å². The molecule has 0 unspecified atom stereocenters. The number of rotatable bonds is 15. The van der Waals surface area contributed by atoms with Crippen molar-refractivity contribution in [3.8, 4) is 0 Å². The van der Waals surface area contributed by atoms with E-state index in [1.165, 1.54) is 63.1 Å². The quantitative estimate of drug-likeness (QED) is 0.0658. The van der Waals surface area contributed by atoms with Crippen molar-refractivity contribution in [2.24, 2.45) is 0 Å². The van der Waals surface area contributed by atoms with Crippen molar-refractivity contribution in [3.05, 3.63) is 82.4 Å². The number of nitrogens with two attached hydrogens (primary N) is 1. The van der Waals surface area contributed by atoms with Gasteiger partial charge in [0.2, 0.25) is 0 Å². The fourth-order valence-electron chi connectivity index (χ4n) is 5.32. The van der Waals surface area contributed by atoms with Crippen molar-refractivity contribution in [2.45, 2.75) is 76.0 Å². The Morgan fingerprint density at radius 2 is 1.39 bits per heavy atom. The third-order valence-corrected chi connectivity index (χ3v) is 8.45. The van der Waals surface area contributed by atoms with E-state index in [0.717, 1.165) is 25.3 Å². The molecule has 11 heteroatoms. The molecule has 3 aromatic carbocycles. The van der Waals surface area contributed by atoms with Gasteiger partial charge < -0.3 is 20.3 Å². The number of fused-ring (bicyclic) bond motifs is 2. The van der Waals surface area contributed by atoms with Crippen LogP contribution in [0.1, 0.15) is 113 Å². The summed E-state index contributed by atoms with van der Waals surface area (Å²) in [5.74, 6) is -1.75. The van der Waals surface area contributed by atoms with Crippen LogP contribution in [-0.2, 0) is 14.9 Å². The largest absolute Gasteiger partial charge is 1.00 e. The Balaban J connectivity index is 0.00000529. The molecule has 0 saturated carbocycles. The Hall–Kier alpha value is -3.02.